The number of anilines is 2. The zero-order valence-electron chi connectivity index (χ0n) is 13.5. The van der Waals surface area contributed by atoms with Crippen molar-refractivity contribution in [1.82, 2.24) is 15.0 Å². The fraction of sp³-hybridized carbons (Fsp3) is 0.333. The first-order chi connectivity index (χ1) is 11.6. The number of para-hydroxylation sites is 2. The van der Waals surface area contributed by atoms with Crippen LogP contribution in [0.1, 0.15) is 13.8 Å². The number of benzene rings is 1. The predicted octanol–water partition coefficient (Wildman–Crippen LogP) is 1.88. The fourth-order valence-corrected chi connectivity index (χ4v) is 1.87. The minimum absolute atomic E-state index is 0.106. The highest BCUT2D eigenvalue weighted by Crippen LogP contribution is 2.23. The molecule has 2 rings (SSSR count). The van der Waals surface area contributed by atoms with Crippen LogP contribution in [0.2, 0.25) is 0 Å². The van der Waals surface area contributed by atoms with Crippen LogP contribution >= 0.6 is 0 Å². The minimum atomic E-state index is -0.625. The average molecular weight is 333 g/mol. The average Bonchev–Trinajstić information content (AvgIpc) is 2.96. The van der Waals surface area contributed by atoms with E-state index in [1.54, 1.807) is 25.1 Å². The van der Waals surface area contributed by atoms with E-state index in [-0.39, 0.29) is 24.9 Å². The van der Waals surface area contributed by atoms with Crippen molar-refractivity contribution in [1.29, 1.82) is 0 Å². The molecule has 0 saturated carbocycles. The van der Waals surface area contributed by atoms with Gasteiger partial charge in [-0.1, -0.05) is 12.1 Å². The number of nitrogens with zero attached hydrogens (tertiary/aromatic N) is 3. The van der Waals surface area contributed by atoms with E-state index in [2.05, 4.69) is 20.8 Å². The van der Waals surface area contributed by atoms with Crippen molar-refractivity contribution < 1.29 is 19.1 Å². The van der Waals surface area contributed by atoms with E-state index in [1.165, 1.54) is 11.0 Å². The summed E-state index contributed by atoms with van der Waals surface area (Å²) in [5.74, 6) is 0.475. The molecule has 2 N–H and O–H groups in total. The Hall–Kier alpha value is -3.10. The summed E-state index contributed by atoms with van der Waals surface area (Å²) in [6, 6.07) is 7.13. The van der Waals surface area contributed by atoms with Crippen LogP contribution in [0.4, 0.5) is 16.3 Å². The Kier molecular flexibility index (Phi) is 6.12. The number of hydrogen-bond donors (Lipinski definition) is 2. The smallest absolute Gasteiger partial charge is 0.412 e. The van der Waals surface area contributed by atoms with Crippen molar-refractivity contribution in [3.63, 3.8) is 0 Å². The Bertz CT molecular complexity index is 701. The molecule has 0 radical (unpaired) electrons. The van der Waals surface area contributed by atoms with E-state index in [4.69, 9.17) is 9.47 Å². The van der Waals surface area contributed by atoms with Crippen LogP contribution in [0.15, 0.2) is 30.5 Å². The van der Waals surface area contributed by atoms with Gasteiger partial charge in [-0.15, -0.1) is 5.10 Å². The molecule has 1 heterocycles. The third kappa shape index (κ3) is 4.97. The van der Waals surface area contributed by atoms with Gasteiger partial charge in [0.2, 0.25) is 5.91 Å². The molecule has 128 valence electrons. The van der Waals surface area contributed by atoms with Crippen molar-refractivity contribution >= 4 is 23.5 Å². The van der Waals surface area contributed by atoms with Crippen LogP contribution in [0, 0.1) is 0 Å². The van der Waals surface area contributed by atoms with Crippen molar-refractivity contribution in [3.05, 3.63) is 30.5 Å². The van der Waals surface area contributed by atoms with Gasteiger partial charge < -0.3 is 14.8 Å². The fourth-order valence-electron chi connectivity index (χ4n) is 1.87. The molecule has 0 unspecified atom stereocenters. The van der Waals surface area contributed by atoms with Gasteiger partial charge in [0.1, 0.15) is 12.3 Å². The van der Waals surface area contributed by atoms with Crippen molar-refractivity contribution in [2.75, 3.05) is 23.8 Å². The maximum absolute atomic E-state index is 12.1. The van der Waals surface area contributed by atoms with Gasteiger partial charge in [0.25, 0.3) is 0 Å². The first-order valence-corrected chi connectivity index (χ1v) is 7.48. The normalized spacial score (nSPS) is 10.1. The van der Waals surface area contributed by atoms with Crippen LogP contribution in [-0.4, -0.2) is 40.2 Å². The van der Waals surface area contributed by atoms with Crippen LogP contribution in [0.5, 0.6) is 5.75 Å². The zero-order chi connectivity index (χ0) is 17.4. The lowest BCUT2D eigenvalue weighted by atomic mass is 10.3. The molecule has 0 saturated heterocycles. The molecule has 9 heteroatoms. The zero-order valence-corrected chi connectivity index (χ0v) is 13.5. The molecular formula is C15H19N5O4. The lowest BCUT2D eigenvalue weighted by Crippen LogP contribution is -2.21. The number of ether oxygens (including phenoxy) is 2. The van der Waals surface area contributed by atoms with Gasteiger partial charge in [-0.2, -0.15) is 9.90 Å². The summed E-state index contributed by atoms with van der Waals surface area (Å²) >= 11 is 0. The molecule has 0 fully saturated rings. The molecule has 0 aliphatic rings. The van der Waals surface area contributed by atoms with Gasteiger partial charge in [-0.05, 0) is 26.0 Å². The Morgan fingerprint density at radius 3 is 2.71 bits per heavy atom. The van der Waals surface area contributed by atoms with E-state index < -0.39 is 6.09 Å². The van der Waals surface area contributed by atoms with E-state index in [0.29, 0.717) is 18.0 Å². The topological polar surface area (TPSA) is 107 Å². The number of carbonyl (C=O) groups is 2. The summed E-state index contributed by atoms with van der Waals surface area (Å²) in [5, 5.41) is 13.0. The predicted molar refractivity (Wildman–Crippen MR) is 86.9 cm³/mol. The maximum Gasteiger partial charge on any atom is 0.412 e. The molecule has 1 aromatic heterocycles. The highest BCUT2D eigenvalue weighted by Gasteiger charge is 2.11. The Morgan fingerprint density at radius 2 is 1.96 bits per heavy atom. The monoisotopic (exact) mass is 333 g/mol. The molecule has 0 atom stereocenters. The molecule has 24 heavy (non-hydrogen) atoms. The second kappa shape index (κ2) is 8.51. The molecule has 1 aromatic carbocycles. The molecule has 2 amide bonds. The highest BCUT2D eigenvalue weighted by atomic mass is 16.5. The lowest BCUT2D eigenvalue weighted by Gasteiger charge is -2.10. The summed E-state index contributed by atoms with van der Waals surface area (Å²) < 4.78 is 10.2. The van der Waals surface area contributed by atoms with E-state index in [0.717, 1.165) is 0 Å². The van der Waals surface area contributed by atoms with Crippen molar-refractivity contribution in [2.24, 2.45) is 0 Å². The van der Waals surface area contributed by atoms with Crippen LogP contribution < -0.4 is 15.4 Å². The summed E-state index contributed by atoms with van der Waals surface area (Å²) in [6.45, 7) is 4.20. The van der Waals surface area contributed by atoms with Gasteiger partial charge in [0.15, 0.2) is 5.82 Å². The van der Waals surface area contributed by atoms with Gasteiger partial charge in [0, 0.05) is 0 Å². The number of carbonyl (C=O) groups excluding carboxylic acids is 2. The number of rotatable bonds is 7. The third-order valence-corrected chi connectivity index (χ3v) is 2.79. The van der Waals surface area contributed by atoms with E-state index in [1.807, 2.05) is 13.0 Å². The molecule has 0 aliphatic carbocycles. The molecule has 2 aromatic rings. The number of aromatic nitrogens is 3. The minimum Gasteiger partial charge on any atom is -0.492 e. The SMILES string of the molecule is CCOC(=O)Nc1cnn(CC(=O)Nc2ccccc2OCC)n1. The van der Waals surface area contributed by atoms with Crippen LogP contribution in [0.25, 0.3) is 0 Å². The van der Waals surface area contributed by atoms with E-state index in [9.17, 15) is 9.59 Å². The van der Waals surface area contributed by atoms with Crippen LogP contribution in [0.3, 0.4) is 0 Å². The quantitative estimate of drug-likeness (QED) is 0.801. The summed E-state index contributed by atoms with van der Waals surface area (Å²) in [6.07, 6.45) is 0.706. The van der Waals surface area contributed by atoms with Gasteiger partial charge in [0.05, 0.1) is 25.1 Å². The second-order valence-electron chi connectivity index (χ2n) is 4.58. The molecule has 0 bridgehead atoms. The number of amides is 2. The highest BCUT2D eigenvalue weighted by molar-refractivity contribution is 5.92. The van der Waals surface area contributed by atoms with Gasteiger partial charge in [-0.25, -0.2) is 4.79 Å². The third-order valence-electron chi connectivity index (χ3n) is 2.79. The Morgan fingerprint density at radius 1 is 1.17 bits per heavy atom. The Labute approximate surface area is 138 Å². The van der Waals surface area contributed by atoms with Crippen molar-refractivity contribution in [3.8, 4) is 5.75 Å². The molecule has 0 aliphatic heterocycles. The maximum atomic E-state index is 12.1. The second-order valence-corrected chi connectivity index (χ2v) is 4.58. The van der Waals surface area contributed by atoms with Gasteiger partial charge >= 0.3 is 6.09 Å². The summed E-state index contributed by atoms with van der Waals surface area (Å²) in [4.78, 5) is 24.5. The molecule has 9 nitrogen and oxygen atoms in total. The first-order valence-electron chi connectivity index (χ1n) is 7.48. The largest absolute Gasteiger partial charge is 0.492 e. The summed E-state index contributed by atoms with van der Waals surface area (Å²) in [7, 11) is 0. The lowest BCUT2D eigenvalue weighted by molar-refractivity contribution is -0.117. The number of hydrogen-bond acceptors (Lipinski definition) is 6. The molecular weight excluding hydrogens is 314 g/mol. The van der Waals surface area contributed by atoms with Crippen LogP contribution in [-0.2, 0) is 16.1 Å². The molecule has 0 spiro atoms. The summed E-state index contributed by atoms with van der Waals surface area (Å²) in [5.41, 5.74) is 0.571. The number of nitrogens with one attached hydrogen (secondary N) is 2. The first kappa shape index (κ1) is 17.3. The van der Waals surface area contributed by atoms with Gasteiger partial charge in [-0.3, -0.25) is 10.1 Å². The van der Waals surface area contributed by atoms with Crippen molar-refractivity contribution in [2.45, 2.75) is 20.4 Å². The Balaban J connectivity index is 1.93. The van der Waals surface area contributed by atoms with E-state index >= 15 is 0 Å². The standard InChI is InChI=1S/C15H19N5O4/c1-3-23-12-8-6-5-7-11(12)17-14(21)10-20-16-9-13(19-20)18-15(22)24-4-2/h5-9H,3-4,10H2,1-2H3,(H,17,21)(H,18,19,22).